The summed E-state index contributed by atoms with van der Waals surface area (Å²) in [5.74, 6) is 0.0476. The first kappa shape index (κ1) is 13.3. The second-order valence-corrected chi connectivity index (χ2v) is 5.76. The first-order chi connectivity index (χ1) is 9.83. The average molecular weight is 286 g/mol. The van der Waals surface area contributed by atoms with Crippen molar-refractivity contribution in [2.45, 2.75) is 25.7 Å². The lowest BCUT2D eigenvalue weighted by Crippen LogP contribution is -2.28. The van der Waals surface area contributed by atoms with Crippen molar-refractivity contribution in [3.05, 3.63) is 39.7 Å². The van der Waals surface area contributed by atoms with Gasteiger partial charge >= 0.3 is 5.69 Å². The molecule has 108 valence electrons. The quantitative estimate of drug-likeness (QED) is 0.613. The maximum atomic E-state index is 11.3. The summed E-state index contributed by atoms with van der Waals surface area (Å²) in [6.07, 6.45) is 1.73. The molecule has 1 aliphatic carbocycles. The Hall–Kier alpha value is -2.70. The number of aromatic nitrogens is 2. The van der Waals surface area contributed by atoms with Crippen LogP contribution >= 0.6 is 0 Å². The minimum Gasteiger partial charge on any atom is -0.502 e. The molecule has 1 aliphatic rings. The Balaban J connectivity index is 2.41. The molecular weight excluding hydrogens is 272 g/mol. The number of nitrogen functional groups attached to an aromatic ring is 1. The molecule has 1 aromatic carbocycles. The van der Waals surface area contributed by atoms with Gasteiger partial charge in [0.2, 0.25) is 0 Å². The summed E-state index contributed by atoms with van der Waals surface area (Å²) in [4.78, 5) is 19.0. The molecule has 21 heavy (non-hydrogen) atoms. The number of benzene rings is 1. The predicted molar refractivity (Wildman–Crippen MR) is 76.9 cm³/mol. The Morgan fingerprint density at radius 2 is 2.10 bits per heavy atom. The largest absolute Gasteiger partial charge is 0.502 e. The molecular formula is C14H14N4O3. The van der Waals surface area contributed by atoms with E-state index in [4.69, 9.17) is 5.73 Å². The number of phenols is 1. The van der Waals surface area contributed by atoms with E-state index in [0.717, 1.165) is 5.56 Å². The van der Waals surface area contributed by atoms with E-state index in [1.165, 1.54) is 12.4 Å². The maximum Gasteiger partial charge on any atom is 0.314 e. The molecule has 7 nitrogen and oxygen atoms in total. The smallest absolute Gasteiger partial charge is 0.314 e. The number of anilines is 1. The lowest BCUT2D eigenvalue weighted by Gasteiger charge is -2.33. The normalized spacial score (nSPS) is 15.1. The molecule has 0 spiro atoms. The minimum atomic E-state index is -0.556. The van der Waals surface area contributed by atoms with Crippen LogP contribution in [0.3, 0.4) is 0 Å². The summed E-state index contributed by atoms with van der Waals surface area (Å²) in [5.41, 5.74) is 7.75. The number of fused-ring (bicyclic) bond motifs is 3. The second-order valence-electron chi connectivity index (χ2n) is 5.76. The number of nitrogens with two attached hydrogens (primary N) is 1. The van der Waals surface area contributed by atoms with Gasteiger partial charge in [0.25, 0.3) is 0 Å². The van der Waals surface area contributed by atoms with Crippen LogP contribution in [-0.4, -0.2) is 20.0 Å². The zero-order valence-corrected chi connectivity index (χ0v) is 11.6. The minimum absolute atomic E-state index is 0.261. The third kappa shape index (κ3) is 1.81. The van der Waals surface area contributed by atoms with E-state index in [1.807, 2.05) is 13.8 Å². The van der Waals surface area contributed by atoms with E-state index < -0.39 is 10.3 Å². The van der Waals surface area contributed by atoms with Crippen LogP contribution in [0.5, 0.6) is 5.75 Å². The van der Waals surface area contributed by atoms with Crippen molar-refractivity contribution in [2.75, 3.05) is 5.73 Å². The van der Waals surface area contributed by atoms with Crippen molar-refractivity contribution >= 4 is 11.5 Å². The maximum absolute atomic E-state index is 11.3. The van der Waals surface area contributed by atoms with Gasteiger partial charge in [-0.15, -0.1) is 0 Å². The number of phenolic OH excluding ortho intramolecular Hbond substituents is 1. The number of aromatic hydroxyl groups is 1. The molecule has 0 saturated heterocycles. The monoisotopic (exact) mass is 286 g/mol. The number of rotatable bonds is 1. The van der Waals surface area contributed by atoms with Crippen LogP contribution in [0.1, 0.15) is 25.0 Å². The number of nitrogens with zero attached hydrogens (tertiary/aromatic N) is 3. The average Bonchev–Trinajstić information content (AvgIpc) is 2.36. The molecule has 3 N–H and O–H groups in total. The highest BCUT2D eigenvalue weighted by Gasteiger charge is 2.39. The zero-order chi connectivity index (χ0) is 15.4. The highest BCUT2D eigenvalue weighted by atomic mass is 16.6. The lowest BCUT2D eigenvalue weighted by molar-refractivity contribution is -0.386. The lowest BCUT2D eigenvalue weighted by atomic mass is 9.71. The summed E-state index contributed by atoms with van der Waals surface area (Å²) >= 11 is 0. The van der Waals surface area contributed by atoms with E-state index in [0.29, 0.717) is 29.1 Å². The van der Waals surface area contributed by atoms with E-state index in [2.05, 4.69) is 9.97 Å². The van der Waals surface area contributed by atoms with Crippen molar-refractivity contribution in [1.29, 1.82) is 0 Å². The predicted octanol–water partition coefficient (Wildman–Crippen LogP) is 2.17. The van der Waals surface area contributed by atoms with Gasteiger partial charge < -0.3 is 10.8 Å². The molecule has 7 heteroatoms. The van der Waals surface area contributed by atoms with E-state index >= 15 is 0 Å². The standard InChI is InChI=1S/C14H14N4O3/c1-14(2)5-8-7(3-4-9(19)12(8)18(20)21)11-10(14)13(15)17-6-16-11/h3-4,6,19H,5H2,1-2H3,(H2,15,16,17). The van der Waals surface area contributed by atoms with Crippen LogP contribution in [-0.2, 0) is 11.8 Å². The summed E-state index contributed by atoms with van der Waals surface area (Å²) in [7, 11) is 0. The molecule has 0 fully saturated rings. The van der Waals surface area contributed by atoms with Crippen LogP contribution < -0.4 is 5.73 Å². The van der Waals surface area contributed by atoms with Crippen LogP contribution in [0.4, 0.5) is 11.5 Å². The molecule has 1 heterocycles. The van der Waals surface area contributed by atoms with Gasteiger partial charge in [0.15, 0.2) is 5.75 Å². The molecule has 0 radical (unpaired) electrons. The Bertz CT molecular complexity index is 771. The molecule has 1 aromatic heterocycles. The molecule has 0 atom stereocenters. The fourth-order valence-corrected chi connectivity index (χ4v) is 3.03. The van der Waals surface area contributed by atoms with Crippen LogP contribution in [0.2, 0.25) is 0 Å². The van der Waals surface area contributed by atoms with Gasteiger partial charge in [-0.05, 0) is 24.0 Å². The van der Waals surface area contributed by atoms with E-state index in [9.17, 15) is 15.2 Å². The van der Waals surface area contributed by atoms with Crippen molar-refractivity contribution in [2.24, 2.45) is 0 Å². The molecule has 2 aromatic rings. The van der Waals surface area contributed by atoms with Gasteiger partial charge in [0, 0.05) is 16.7 Å². The fourth-order valence-electron chi connectivity index (χ4n) is 3.03. The van der Waals surface area contributed by atoms with Gasteiger partial charge in [-0.3, -0.25) is 10.1 Å². The number of hydrogen-bond donors (Lipinski definition) is 2. The second kappa shape index (κ2) is 4.15. The van der Waals surface area contributed by atoms with Gasteiger partial charge in [-0.25, -0.2) is 9.97 Å². The van der Waals surface area contributed by atoms with Gasteiger partial charge in [0.05, 0.1) is 10.6 Å². The number of nitro groups is 1. The first-order valence-corrected chi connectivity index (χ1v) is 6.43. The van der Waals surface area contributed by atoms with Crippen molar-refractivity contribution in [3.8, 4) is 17.0 Å². The summed E-state index contributed by atoms with van der Waals surface area (Å²) in [5, 5.41) is 21.1. The van der Waals surface area contributed by atoms with Crippen LogP contribution in [0.15, 0.2) is 18.5 Å². The molecule has 3 rings (SSSR count). The summed E-state index contributed by atoms with van der Waals surface area (Å²) in [6, 6.07) is 2.95. The third-order valence-electron chi connectivity index (χ3n) is 3.87. The topological polar surface area (TPSA) is 115 Å². The van der Waals surface area contributed by atoms with E-state index in [1.54, 1.807) is 6.07 Å². The van der Waals surface area contributed by atoms with Crippen LogP contribution in [0.25, 0.3) is 11.3 Å². The Kier molecular flexibility index (Phi) is 2.62. The SMILES string of the molecule is CC1(C)Cc2c(ccc(O)c2[N+](=O)[O-])-c2ncnc(N)c21. The van der Waals surface area contributed by atoms with Gasteiger partial charge in [0.1, 0.15) is 12.1 Å². The molecule has 0 unspecified atom stereocenters. The number of nitro benzene ring substituents is 1. The Labute approximate surface area is 120 Å². The molecule has 0 saturated carbocycles. The first-order valence-electron chi connectivity index (χ1n) is 6.43. The van der Waals surface area contributed by atoms with Crippen LogP contribution in [0, 0.1) is 10.1 Å². The molecule has 0 aliphatic heterocycles. The van der Waals surface area contributed by atoms with E-state index in [-0.39, 0.29) is 11.4 Å². The molecule has 0 amide bonds. The number of hydrogen-bond acceptors (Lipinski definition) is 6. The summed E-state index contributed by atoms with van der Waals surface area (Å²) < 4.78 is 0. The third-order valence-corrected chi connectivity index (χ3v) is 3.87. The summed E-state index contributed by atoms with van der Waals surface area (Å²) in [6.45, 7) is 3.87. The fraction of sp³-hybridized carbons (Fsp3) is 0.286. The highest BCUT2D eigenvalue weighted by Crippen LogP contribution is 2.48. The van der Waals surface area contributed by atoms with Gasteiger partial charge in [-0.2, -0.15) is 0 Å². The Morgan fingerprint density at radius 3 is 2.76 bits per heavy atom. The Morgan fingerprint density at radius 1 is 1.38 bits per heavy atom. The van der Waals surface area contributed by atoms with Gasteiger partial charge in [-0.1, -0.05) is 13.8 Å². The van der Waals surface area contributed by atoms with Crippen molar-refractivity contribution < 1.29 is 10.0 Å². The van der Waals surface area contributed by atoms with Crippen molar-refractivity contribution in [3.63, 3.8) is 0 Å². The zero-order valence-electron chi connectivity index (χ0n) is 11.6. The molecule has 0 bridgehead atoms. The van der Waals surface area contributed by atoms with Crippen molar-refractivity contribution in [1.82, 2.24) is 9.97 Å². The highest BCUT2D eigenvalue weighted by molar-refractivity contribution is 5.80.